The van der Waals surface area contributed by atoms with E-state index in [1.807, 2.05) is 0 Å². The van der Waals surface area contributed by atoms with Crippen LogP contribution in [0.3, 0.4) is 0 Å². The largest absolute Gasteiger partial charge is 0.508 e. The molecule has 0 N–H and O–H groups in total. The van der Waals surface area contributed by atoms with E-state index in [-0.39, 0.29) is 0 Å². The van der Waals surface area contributed by atoms with Crippen molar-refractivity contribution in [3.63, 3.8) is 0 Å². The molecule has 0 radical (unpaired) electrons. The first-order valence-corrected chi connectivity index (χ1v) is 5.46. The van der Waals surface area contributed by atoms with Crippen LogP contribution >= 0.6 is 0 Å². The van der Waals surface area contributed by atoms with Crippen LogP contribution in [-0.2, 0) is 9.47 Å². The zero-order valence-corrected chi connectivity index (χ0v) is 9.54. The molecule has 84 valence electrons. The quantitative estimate of drug-likeness (QED) is 0.469. The van der Waals surface area contributed by atoms with Crippen molar-refractivity contribution in [3.8, 4) is 0 Å². The van der Waals surface area contributed by atoms with Crippen LogP contribution < -0.4 is 0 Å². The summed E-state index contributed by atoms with van der Waals surface area (Å²) in [6.45, 7) is 7.07. The Morgan fingerprint density at radius 1 is 1.14 bits per heavy atom. The molecule has 0 spiro atoms. The zero-order chi connectivity index (χ0) is 10.8. The van der Waals surface area contributed by atoms with Gasteiger partial charge in [-0.25, -0.2) is 4.79 Å². The fourth-order valence-electron chi connectivity index (χ4n) is 1.15. The standard InChI is InChI=1S/C11H22O3/c1-4-13-11(12)14-9-7-5-6-8-10(2)3/h10H,4-9H2,1-3H3. The zero-order valence-electron chi connectivity index (χ0n) is 9.54. The second kappa shape index (κ2) is 8.85. The van der Waals surface area contributed by atoms with E-state index in [0.717, 1.165) is 18.8 Å². The molecule has 3 nitrogen and oxygen atoms in total. The maximum atomic E-state index is 10.7. The number of hydrogen-bond acceptors (Lipinski definition) is 3. The summed E-state index contributed by atoms with van der Waals surface area (Å²) >= 11 is 0. The van der Waals surface area contributed by atoms with Crippen molar-refractivity contribution >= 4 is 6.16 Å². The fraction of sp³-hybridized carbons (Fsp3) is 0.909. The van der Waals surface area contributed by atoms with Crippen molar-refractivity contribution in [2.45, 2.75) is 46.5 Å². The van der Waals surface area contributed by atoms with Crippen molar-refractivity contribution in [1.29, 1.82) is 0 Å². The van der Waals surface area contributed by atoms with Gasteiger partial charge in [0.2, 0.25) is 0 Å². The molecule has 0 aliphatic heterocycles. The third-order valence-corrected chi connectivity index (χ3v) is 1.91. The number of hydrogen-bond donors (Lipinski definition) is 0. The van der Waals surface area contributed by atoms with Gasteiger partial charge in [-0.05, 0) is 19.3 Å². The summed E-state index contributed by atoms with van der Waals surface area (Å²) in [6, 6.07) is 0. The summed E-state index contributed by atoms with van der Waals surface area (Å²) in [5, 5.41) is 0. The van der Waals surface area contributed by atoms with Crippen LogP contribution in [0, 0.1) is 5.92 Å². The monoisotopic (exact) mass is 202 g/mol. The van der Waals surface area contributed by atoms with Crippen LogP contribution in [0.1, 0.15) is 46.5 Å². The molecule has 0 saturated carbocycles. The van der Waals surface area contributed by atoms with E-state index in [1.165, 1.54) is 12.8 Å². The number of rotatable bonds is 7. The Kier molecular flexibility index (Phi) is 8.39. The molecular weight excluding hydrogens is 180 g/mol. The second-order valence-electron chi connectivity index (χ2n) is 3.77. The Bertz CT molecular complexity index is 143. The molecule has 0 atom stereocenters. The highest BCUT2D eigenvalue weighted by Crippen LogP contribution is 2.07. The molecule has 3 heteroatoms. The van der Waals surface area contributed by atoms with Crippen molar-refractivity contribution in [1.82, 2.24) is 0 Å². The van der Waals surface area contributed by atoms with Gasteiger partial charge in [-0.1, -0.05) is 33.1 Å². The van der Waals surface area contributed by atoms with E-state index in [2.05, 4.69) is 18.6 Å². The smallest absolute Gasteiger partial charge is 0.435 e. The summed E-state index contributed by atoms with van der Waals surface area (Å²) in [5.41, 5.74) is 0. The summed E-state index contributed by atoms with van der Waals surface area (Å²) < 4.78 is 9.45. The van der Waals surface area contributed by atoms with Crippen molar-refractivity contribution in [3.05, 3.63) is 0 Å². The molecule has 0 aromatic rings. The van der Waals surface area contributed by atoms with Gasteiger partial charge in [-0.15, -0.1) is 0 Å². The third kappa shape index (κ3) is 9.36. The minimum absolute atomic E-state index is 0.381. The lowest BCUT2D eigenvalue weighted by atomic mass is 10.1. The Hall–Kier alpha value is -0.730. The first-order valence-electron chi connectivity index (χ1n) is 5.46. The van der Waals surface area contributed by atoms with Gasteiger partial charge in [0.15, 0.2) is 0 Å². The molecular formula is C11H22O3. The van der Waals surface area contributed by atoms with Crippen molar-refractivity contribution in [2.24, 2.45) is 5.92 Å². The van der Waals surface area contributed by atoms with Gasteiger partial charge in [-0.3, -0.25) is 0 Å². The summed E-state index contributed by atoms with van der Waals surface area (Å²) in [4.78, 5) is 10.7. The Labute approximate surface area is 86.8 Å². The topological polar surface area (TPSA) is 35.5 Å². The average Bonchev–Trinajstić information content (AvgIpc) is 2.11. The highest BCUT2D eigenvalue weighted by atomic mass is 16.7. The number of carbonyl (C=O) groups excluding carboxylic acids is 1. The predicted octanol–water partition coefficient (Wildman–Crippen LogP) is 3.38. The van der Waals surface area contributed by atoms with E-state index >= 15 is 0 Å². The Morgan fingerprint density at radius 3 is 2.43 bits per heavy atom. The van der Waals surface area contributed by atoms with E-state index in [0.29, 0.717) is 13.2 Å². The molecule has 0 amide bonds. The molecule has 14 heavy (non-hydrogen) atoms. The number of carbonyl (C=O) groups is 1. The number of unbranched alkanes of at least 4 members (excludes halogenated alkanes) is 2. The highest BCUT2D eigenvalue weighted by molar-refractivity contribution is 5.59. The van der Waals surface area contributed by atoms with Gasteiger partial charge in [0.25, 0.3) is 0 Å². The first-order chi connectivity index (χ1) is 6.66. The Balaban J connectivity index is 3.09. The molecule has 0 fully saturated rings. The fourth-order valence-corrected chi connectivity index (χ4v) is 1.15. The van der Waals surface area contributed by atoms with Gasteiger partial charge in [0.05, 0.1) is 13.2 Å². The van der Waals surface area contributed by atoms with Gasteiger partial charge in [-0.2, -0.15) is 0 Å². The van der Waals surface area contributed by atoms with Crippen molar-refractivity contribution in [2.75, 3.05) is 13.2 Å². The average molecular weight is 202 g/mol. The van der Waals surface area contributed by atoms with E-state index in [1.54, 1.807) is 6.92 Å². The van der Waals surface area contributed by atoms with Crippen molar-refractivity contribution < 1.29 is 14.3 Å². The summed E-state index contributed by atoms with van der Waals surface area (Å²) in [7, 11) is 0. The second-order valence-corrected chi connectivity index (χ2v) is 3.77. The molecule has 0 aliphatic rings. The maximum Gasteiger partial charge on any atom is 0.508 e. The minimum Gasteiger partial charge on any atom is -0.435 e. The molecule has 0 aliphatic carbocycles. The molecule has 0 rings (SSSR count). The first kappa shape index (κ1) is 13.3. The molecule has 0 heterocycles. The van der Waals surface area contributed by atoms with Crippen LogP contribution in [0.2, 0.25) is 0 Å². The van der Waals surface area contributed by atoms with E-state index in [9.17, 15) is 4.79 Å². The SMILES string of the molecule is CCOC(=O)OCCCCCC(C)C. The van der Waals surface area contributed by atoms with Crippen LogP contribution in [0.4, 0.5) is 4.79 Å². The third-order valence-electron chi connectivity index (χ3n) is 1.91. The Morgan fingerprint density at radius 2 is 1.86 bits per heavy atom. The minimum atomic E-state index is -0.545. The lowest BCUT2D eigenvalue weighted by Gasteiger charge is -2.05. The van der Waals surface area contributed by atoms with E-state index < -0.39 is 6.16 Å². The van der Waals surface area contributed by atoms with Gasteiger partial charge in [0.1, 0.15) is 0 Å². The summed E-state index contributed by atoms with van der Waals surface area (Å²) in [6.07, 6.45) is 3.98. The lowest BCUT2D eigenvalue weighted by Crippen LogP contribution is -2.07. The van der Waals surface area contributed by atoms with Gasteiger partial charge >= 0.3 is 6.16 Å². The predicted molar refractivity (Wildman–Crippen MR) is 56.3 cm³/mol. The normalized spacial score (nSPS) is 10.3. The van der Waals surface area contributed by atoms with Gasteiger partial charge in [0, 0.05) is 0 Å². The molecule has 0 aromatic carbocycles. The molecule has 0 saturated heterocycles. The van der Waals surface area contributed by atoms with Crippen LogP contribution in [0.5, 0.6) is 0 Å². The van der Waals surface area contributed by atoms with Gasteiger partial charge < -0.3 is 9.47 Å². The van der Waals surface area contributed by atoms with E-state index in [4.69, 9.17) is 4.74 Å². The molecule has 0 aromatic heterocycles. The van der Waals surface area contributed by atoms with Crippen LogP contribution in [0.25, 0.3) is 0 Å². The maximum absolute atomic E-state index is 10.7. The van der Waals surface area contributed by atoms with Crippen LogP contribution in [-0.4, -0.2) is 19.4 Å². The molecule has 0 bridgehead atoms. The van der Waals surface area contributed by atoms with Crippen LogP contribution in [0.15, 0.2) is 0 Å². The summed E-state index contributed by atoms with van der Waals surface area (Å²) in [5.74, 6) is 0.765. The molecule has 0 unspecified atom stereocenters. The highest BCUT2D eigenvalue weighted by Gasteiger charge is 2.00. The lowest BCUT2D eigenvalue weighted by molar-refractivity contribution is 0.0578. The number of ether oxygens (including phenoxy) is 2.